The first-order valence-corrected chi connectivity index (χ1v) is 5.84. The summed E-state index contributed by atoms with van der Waals surface area (Å²) in [7, 11) is 0. The van der Waals surface area contributed by atoms with Crippen LogP contribution in [-0.2, 0) is 6.54 Å². The molecule has 0 saturated carbocycles. The van der Waals surface area contributed by atoms with Gasteiger partial charge in [-0.25, -0.2) is 4.98 Å². The van der Waals surface area contributed by atoms with Crippen LogP contribution in [0.2, 0.25) is 0 Å². The molecule has 0 radical (unpaired) electrons. The highest BCUT2D eigenvalue weighted by atomic mass is 16.1. The number of nitriles is 1. The lowest BCUT2D eigenvalue weighted by Crippen LogP contribution is -2.20. The molecule has 0 spiro atoms. The van der Waals surface area contributed by atoms with Crippen LogP contribution in [0.4, 0.5) is 5.69 Å². The van der Waals surface area contributed by atoms with Crippen molar-refractivity contribution in [3.63, 3.8) is 0 Å². The number of aryl methyl sites for hydroxylation is 1. The Bertz CT molecular complexity index is 654. The van der Waals surface area contributed by atoms with Crippen LogP contribution in [0.15, 0.2) is 29.3 Å². The van der Waals surface area contributed by atoms with Crippen LogP contribution in [0.3, 0.4) is 0 Å². The number of benzene rings is 1. The molecular formula is C13H14N4O. The monoisotopic (exact) mass is 242 g/mol. The number of nitrogen functional groups attached to an aromatic ring is 1. The average molecular weight is 242 g/mol. The summed E-state index contributed by atoms with van der Waals surface area (Å²) in [5, 5.41) is 8.98. The molecular weight excluding hydrogens is 228 g/mol. The summed E-state index contributed by atoms with van der Waals surface area (Å²) in [4.78, 5) is 16.4. The maximum absolute atomic E-state index is 12.1. The Morgan fingerprint density at radius 2 is 2.22 bits per heavy atom. The van der Waals surface area contributed by atoms with E-state index in [9.17, 15) is 4.79 Å². The van der Waals surface area contributed by atoms with Gasteiger partial charge >= 0.3 is 0 Å². The third kappa shape index (κ3) is 2.48. The van der Waals surface area contributed by atoms with Crippen molar-refractivity contribution in [1.82, 2.24) is 9.55 Å². The minimum Gasteiger partial charge on any atom is -0.399 e. The van der Waals surface area contributed by atoms with E-state index in [1.165, 1.54) is 0 Å². The summed E-state index contributed by atoms with van der Waals surface area (Å²) >= 11 is 0. The second kappa shape index (κ2) is 5.32. The van der Waals surface area contributed by atoms with Gasteiger partial charge in [-0.3, -0.25) is 9.36 Å². The zero-order valence-corrected chi connectivity index (χ0v) is 9.97. The molecule has 0 bridgehead atoms. The van der Waals surface area contributed by atoms with Gasteiger partial charge in [-0.2, -0.15) is 5.26 Å². The summed E-state index contributed by atoms with van der Waals surface area (Å²) in [5.41, 5.74) is 6.81. The third-order valence-corrected chi connectivity index (χ3v) is 2.79. The summed E-state index contributed by atoms with van der Waals surface area (Å²) < 4.78 is 1.57. The summed E-state index contributed by atoms with van der Waals surface area (Å²) in [6.45, 7) is 0.582. The highest BCUT2D eigenvalue weighted by Crippen LogP contribution is 2.11. The molecule has 0 amide bonds. The van der Waals surface area contributed by atoms with Gasteiger partial charge in [-0.15, -0.1) is 0 Å². The predicted octanol–water partition coefficient (Wildman–Crippen LogP) is 1.67. The molecule has 1 aromatic heterocycles. The van der Waals surface area contributed by atoms with Crippen LogP contribution in [0.5, 0.6) is 0 Å². The number of nitrogens with two attached hydrogens (primary N) is 1. The van der Waals surface area contributed by atoms with Crippen molar-refractivity contribution in [1.29, 1.82) is 5.26 Å². The van der Waals surface area contributed by atoms with E-state index in [4.69, 9.17) is 11.0 Å². The predicted molar refractivity (Wildman–Crippen MR) is 69.9 cm³/mol. The van der Waals surface area contributed by atoms with E-state index in [0.717, 1.165) is 12.8 Å². The van der Waals surface area contributed by atoms with Crippen LogP contribution < -0.4 is 11.3 Å². The summed E-state index contributed by atoms with van der Waals surface area (Å²) in [5.74, 6) is 0. The van der Waals surface area contributed by atoms with Crippen LogP contribution in [0.1, 0.15) is 19.3 Å². The molecule has 18 heavy (non-hydrogen) atoms. The smallest absolute Gasteiger partial charge is 0.261 e. The van der Waals surface area contributed by atoms with Crippen molar-refractivity contribution >= 4 is 16.6 Å². The highest BCUT2D eigenvalue weighted by Gasteiger charge is 2.04. The molecule has 0 aliphatic carbocycles. The molecule has 1 aromatic carbocycles. The second-order valence-electron chi connectivity index (χ2n) is 4.13. The molecule has 0 saturated heterocycles. The number of hydrogen-bond donors (Lipinski definition) is 1. The molecule has 2 N–H and O–H groups in total. The minimum absolute atomic E-state index is 0.0794. The Balaban J connectivity index is 2.28. The molecule has 92 valence electrons. The standard InChI is InChI=1S/C13H14N4O/c14-6-2-1-3-7-17-9-16-12-5-4-10(15)8-11(12)13(17)18/h4-5,8-9H,1-3,7,15H2. The largest absolute Gasteiger partial charge is 0.399 e. The molecule has 0 aliphatic rings. The Hall–Kier alpha value is -2.35. The number of unbranched alkanes of at least 4 members (excludes halogenated alkanes) is 2. The number of hydrogen-bond acceptors (Lipinski definition) is 4. The number of aromatic nitrogens is 2. The van der Waals surface area contributed by atoms with Gasteiger partial charge in [0.05, 0.1) is 23.3 Å². The molecule has 2 rings (SSSR count). The molecule has 5 heteroatoms. The van der Waals surface area contributed by atoms with Crippen molar-refractivity contribution < 1.29 is 0 Å². The van der Waals surface area contributed by atoms with Gasteiger partial charge in [0.2, 0.25) is 0 Å². The van der Waals surface area contributed by atoms with Gasteiger partial charge in [0.15, 0.2) is 0 Å². The zero-order chi connectivity index (χ0) is 13.0. The van der Waals surface area contributed by atoms with Crippen LogP contribution in [0.25, 0.3) is 10.9 Å². The van der Waals surface area contributed by atoms with Gasteiger partial charge in [0.25, 0.3) is 5.56 Å². The molecule has 0 fully saturated rings. The Kier molecular flexibility index (Phi) is 3.58. The van der Waals surface area contributed by atoms with E-state index in [1.807, 2.05) is 0 Å². The first-order chi connectivity index (χ1) is 8.72. The first kappa shape index (κ1) is 12.1. The molecule has 5 nitrogen and oxygen atoms in total. The maximum Gasteiger partial charge on any atom is 0.261 e. The quantitative estimate of drug-likeness (QED) is 0.652. The van der Waals surface area contributed by atoms with Gasteiger partial charge < -0.3 is 5.73 Å². The van der Waals surface area contributed by atoms with Gasteiger partial charge in [-0.1, -0.05) is 0 Å². The van der Waals surface area contributed by atoms with E-state index in [-0.39, 0.29) is 5.56 Å². The Labute approximate surface area is 104 Å². The van der Waals surface area contributed by atoms with Gasteiger partial charge in [0, 0.05) is 18.7 Å². The SMILES string of the molecule is N#CCCCCn1cnc2ccc(N)cc2c1=O. The lowest BCUT2D eigenvalue weighted by Gasteiger charge is -2.06. The number of anilines is 1. The zero-order valence-electron chi connectivity index (χ0n) is 9.97. The minimum atomic E-state index is -0.0794. The van der Waals surface area contributed by atoms with E-state index < -0.39 is 0 Å². The van der Waals surface area contributed by atoms with E-state index in [2.05, 4.69) is 11.1 Å². The lowest BCUT2D eigenvalue weighted by atomic mass is 10.2. The van der Waals surface area contributed by atoms with Crippen molar-refractivity contribution in [3.05, 3.63) is 34.9 Å². The Morgan fingerprint density at radius 1 is 1.39 bits per heavy atom. The van der Waals surface area contributed by atoms with Crippen molar-refractivity contribution in [3.8, 4) is 6.07 Å². The normalized spacial score (nSPS) is 10.4. The van der Waals surface area contributed by atoms with E-state index >= 15 is 0 Å². The van der Waals surface area contributed by atoms with Crippen LogP contribution >= 0.6 is 0 Å². The third-order valence-electron chi connectivity index (χ3n) is 2.79. The van der Waals surface area contributed by atoms with Crippen molar-refractivity contribution in [2.75, 3.05) is 5.73 Å². The summed E-state index contributed by atoms with van der Waals surface area (Å²) in [6, 6.07) is 7.21. The first-order valence-electron chi connectivity index (χ1n) is 5.84. The van der Waals surface area contributed by atoms with Gasteiger partial charge in [-0.05, 0) is 31.0 Å². The second-order valence-corrected chi connectivity index (χ2v) is 4.13. The molecule has 2 aromatic rings. The van der Waals surface area contributed by atoms with Crippen molar-refractivity contribution in [2.45, 2.75) is 25.8 Å². The van der Waals surface area contributed by atoms with Crippen LogP contribution in [0, 0.1) is 11.3 Å². The number of rotatable bonds is 4. The van der Waals surface area contributed by atoms with E-state index in [0.29, 0.717) is 29.6 Å². The Morgan fingerprint density at radius 3 is 3.00 bits per heavy atom. The molecule has 0 atom stereocenters. The molecule has 1 heterocycles. The topological polar surface area (TPSA) is 84.7 Å². The fourth-order valence-corrected chi connectivity index (χ4v) is 1.82. The average Bonchev–Trinajstić information content (AvgIpc) is 2.38. The molecule has 0 unspecified atom stereocenters. The highest BCUT2D eigenvalue weighted by molar-refractivity contribution is 5.80. The fourth-order valence-electron chi connectivity index (χ4n) is 1.82. The van der Waals surface area contributed by atoms with Crippen LogP contribution in [-0.4, -0.2) is 9.55 Å². The van der Waals surface area contributed by atoms with Crippen molar-refractivity contribution in [2.24, 2.45) is 0 Å². The number of fused-ring (bicyclic) bond motifs is 1. The molecule has 0 aliphatic heterocycles. The fraction of sp³-hybridized carbons (Fsp3) is 0.308. The van der Waals surface area contributed by atoms with E-state index in [1.54, 1.807) is 29.1 Å². The number of nitrogens with zero attached hydrogens (tertiary/aromatic N) is 3. The lowest BCUT2D eigenvalue weighted by molar-refractivity contribution is 0.595. The summed E-state index contributed by atoms with van der Waals surface area (Å²) in [6.07, 6.45) is 3.65. The van der Waals surface area contributed by atoms with Gasteiger partial charge in [0.1, 0.15) is 0 Å². The maximum atomic E-state index is 12.1.